The average Bonchev–Trinajstić information content (AvgIpc) is 2.91. The van der Waals surface area contributed by atoms with E-state index < -0.39 is 0 Å². The van der Waals surface area contributed by atoms with Crippen molar-refractivity contribution < 1.29 is 4.79 Å². The molecule has 0 aliphatic heterocycles. The van der Waals surface area contributed by atoms with Gasteiger partial charge in [-0.05, 0) is 25.1 Å². The summed E-state index contributed by atoms with van der Waals surface area (Å²) in [6.07, 6.45) is 0. The van der Waals surface area contributed by atoms with Crippen molar-refractivity contribution in [2.75, 3.05) is 5.32 Å². The smallest absolute Gasteiger partial charge is 0.258 e. The van der Waals surface area contributed by atoms with E-state index in [4.69, 9.17) is 11.6 Å². The third kappa shape index (κ3) is 3.63. The number of anilines is 1. The van der Waals surface area contributed by atoms with Crippen LogP contribution in [-0.4, -0.2) is 10.9 Å². The number of halogens is 2. The lowest BCUT2D eigenvalue weighted by Gasteiger charge is -2.04. The van der Waals surface area contributed by atoms with Crippen molar-refractivity contribution in [2.45, 2.75) is 6.92 Å². The van der Waals surface area contributed by atoms with Crippen LogP contribution in [0.5, 0.6) is 0 Å². The van der Waals surface area contributed by atoms with Gasteiger partial charge in [-0.25, -0.2) is 4.98 Å². The Morgan fingerprint density at radius 1 is 1.22 bits per heavy atom. The second-order valence-electron chi connectivity index (χ2n) is 4.87. The summed E-state index contributed by atoms with van der Waals surface area (Å²) in [5.41, 5.74) is 2.32. The van der Waals surface area contributed by atoms with E-state index in [0.717, 1.165) is 20.6 Å². The lowest BCUT2D eigenvalue weighted by atomic mass is 10.1. The number of hydrogen-bond donors (Lipinski definition) is 1. The van der Waals surface area contributed by atoms with Gasteiger partial charge >= 0.3 is 0 Å². The van der Waals surface area contributed by atoms with E-state index in [1.54, 1.807) is 18.2 Å². The number of aromatic nitrogens is 1. The van der Waals surface area contributed by atoms with Crippen LogP contribution in [0, 0.1) is 6.92 Å². The second-order valence-corrected chi connectivity index (χ2v) is 7.39. The molecule has 1 N–H and O–H groups in total. The van der Waals surface area contributed by atoms with Crippen LogP contribution < -0.4 is 5.32 Å². The van der Waals surface area contributed by atoms with E-state index in [-0.39, 0.29) is 5.91 Å². The Morgan fingerprint density at radius 3 is 2.70 bits per heavy atom. The average molecular weight is 408 g/mol. The Morgan fingerprint density at radius 2 is 1.96 bits per heavy atom. The molecule has 116 valence electrons. The van der Waals surface area contributed by atoms with Gasteiger partial charge in [-0.3, -0.25) is 10.1 Å². The molecular weight excluding hydrogens is 396 g/mol. The molecule has 3 aromatic rings. The normalized spacial score (nSPS) is 10.6. The minimum atomic E-state index is -0.273. The van der Waals surface area contributed by atoms with Crippen molar-refractivity contribution in [1.82, 2.24) is 4.98 Å². The minimum absolute atomic E-state index is 0.273. The number of carbonyl (C=O) groups excluding carboxylic acids is 1. The highest BCUT2D eigenvalue weighted by Gasteiger charge is 2.15. The SMILES string of the molecule is Cc1sc(NC(=O)c2cc(Br)ccc2Cl)nc1-c1ccccc1. The van der Waals surface area contributed by atoms with E-state index >= 15 is 0 Å². The topological polar surface area (TPSA) is 42.0 Å². The zero-order valence-corrected chi connectivity index (χ0v) is 15.3. The lowest BCUT2D eigenvalue weighted by Crippen LogP contribution is -2.12. The van der Waals surface area contributed by atoms with Crippen LogP contribution >= 0.6 is 38.9 Å². The number of rotatable bonds is 3. The molecule has 6 heteroatoms. The summed E-state index contributed by atoms with van der Waals surface area (Å²) in [7, 11) is 0. The highest BCUT2D eigenvalue weighted by molar-refractivity contribution is 9.10. The molecule has 0 bridgehead atoms. The van der Waals surface area contributed by atoms with Crippen molar-refractivity contribution >= 4 is 49.9 Å². The molecule has 0 atom stereocenters. The third-order valence-corrected chi connectivity index (χ3v) is 4.95. The fourth-order valence-electron chi connectivity index (χ4n) is 2.15. The zero-order chi connectivity index (χ0) is 16.4. The summed E-state index contributed by atoms with van der Waals surface area (Å²) in [4.78, 5) is 18.0. The van der Waals surface area contributed by atoms with Crippen LogP contribution in [0.4, 0.5) is 5.13 Å². The molecule has 0 spiro atoms. The molecule has 3 rings (SSSR count). The number of amides is 1. The first kappa shape index (κ1) is 16.2. The first-order chi connectivity index (χ1) is 11.0. The molecule has 0 radical (unpaired) electrons. The summed E-state index contributed by atoms with van der Waals surface area (Å²) < 4.78 is 0.798. The summed E-state index contributed by atoms with van der Waals surface area (Å²) in [6.45, 7) is 1.99. The Hall–Kier alpha value is -1.69. The Kier molecular flexibility index (Phi) is 4.80. The van der Waals surface area contributed by atoms with Gasteiger partial charge in [-0.15, -0.1) is 11.3 Å². The van der Waals surface area contributed by atoms with Gasteiger partial charge in [-0.1, -0.05) is 57.9 Å². The molecule has 3 nitrogen and oxygen atoms in total. The molecule has 2 aromatic carbocycles. The number of thiazole rings is 1. The van der Waals surface area contributed by atoms with Gasteiger partial charge in [0.05, 0.1) is 16.3 Å². The molecule has 0 saturated carbocycles. The van der Waals surface area contributed by atoms with E-state index in [2.05, 4.69) is 26.2 Å². The van der Waals surface area contributed by atoms with Crippen LogP contribution in [0.1, 0.15) is 15.2 Å². The zero-order valence-electron chi connectivity index (χ0n) is 12.1. The Balaban J connectivity index is 1.87. The highest BCUT2D eigenvalue weighted by atomic mass is 79.9. The maximum Gasteiger partial charge on any atom is 0.258 e. The number of nitrogens with zero attached hydrogens (tertiary/aromatic N) is 1. The predicted octanol–water partition coefficient (Wildman–Crippen LogP) is 5.79. The summed E-state index contributed by atoms with van der Waals surface area (Å²) in [5.74, 6) is -0.273. The molecule has 0 saturated heterocycles. The van der Waals surface area contributed by atoms with Gasteiger partial charge in [0.2, 0.25) is 0 Å². The van der Waals surface area contributed by atoms with Gasteiger partial charge in [0.1, 0.15) is 0 Å². The molecular formula is C17H12BrClN2OS. The van der Waals surface area contributed by atoms with Gasteiger partial charge in [0.15, 0.2) is 5.13 Å². The van der Waals surface area contributed by atoms with Crippen LogP contribution in [0.15, 0.2) is 53.0 Å². The van der Waals surface area contributed by atoms with E-state index in [1.807, 2.05) is 37.3 Å². The van der Waals surface area contributed by atoms with Crippen molar-refractivity contribution in [3.8, 4) is 11.3 Å². The maximum absolute atomic E-state index is 12.4. The fraction of sp³-hybridized carbons (Fsp3) is 0.0588. The largest absolute Gasteiger partial charge is 0.298 e. The highest BCUT2D eigenvalue weighted by Crippen LogP contribution is 2.31. The Bertz CT molecular complexity index is 864. The van der Waals surface area contributed by atoms with E-state index in [0.29, 0.717) is 15.7 Å². The quantitative estimate of drug-likeness (QED) is 0.597. The van der Waals surface area contributed by atoms with Crippen molar-refractivity contribution in [2.24, 2.45) is 0 Å². The number of benzene rings is 2. The number of aryl methyl sites for hydroxylation is 1. The van der Waals surface area contributed by atoms with Crippen LogP contribution in [-0.2, 0) is 0 Å². The summed E-state index contributed by atoms with van der Waals surface area (Å²) in [6, 6.07) is 15.1. The standard InChI is InChI=1S/C17H12BrClN2OS/c1-10-15(11-5-3-2-4-6-11)20-17(23-10)21-16(22)13-9-12(18)7-8-14(13)19/h2-9H,1H3,(H,20,21,22). The molecule has 0 fully saturated rings. The van der Waals surface area contributed by atoms with Gasteiger partial charge in [0.25, 0.3) is 5.91 Å². The van der Waals surface area contributed by atoms with Gasteiger partial charge in [-0.2, -0.15) is 0 Å². The van der Waals surface area contributed by atoms with Crippen LogP contribution in [0.25, 0.3) is 11.3 Å². The molecule has 0 unspecified atom stereocenters. The van der Waals surface area contributed by atoms with Crippen LogP contribution in [0.2, 0.25) is 5.02 Å². The fourth-order valence-corrected chi connectivity index (χ4v) is 3.55. The molecule has 0 aliphatic carbocycles. The van der Waals surface area contributed by atoms with Crippen molar-refractivity contribution in [1.29, 1.82) is 0 Å². The third-order valence-electron chi connectivity index (χ3n) is 3.24. The molecule has 1 heterocycles. The second kappa shape index (κ2) is 6.83. The van der Waals surface area contributed by atoms with E-state index in [9.17, 15) is 4.79 Å². The minimum Gasteiger partial charge on any atom is -0.298 e. The first-order valence-electron chi connectivity index (χ1n) is 6.84. The molecule has 23 heavy (non-hydrogen) atoms. The van der Waals surface area contributed by atoms with Gasteiger partial charge in [0, 0.05) is 14.9 Å². The molecule has 1 aromatic heterocycles. The summed E-state index contributed by atoms with van der Waals surface area (Å²) in [5, 5.41) is 3.78. The number of carbonyl (C=O) groups is 1. The van der Waals surface area contributed by atoms with Crippen LogP contribution in [0.3, 0.4) is 0 Å². The number of nitrogens with one attached hydrogen (secondary N) is 1. The van der Waals surface area contributed by atoms with Crippen molar-refractivity contribution in [3.63, 3.8) is 0 Å². The summed E-state index contributed by atoms with van der Waals surface area (Å²) >= 11 is 10.9. The molecule has 0 aliphatic rings. The maximum atomic E-state index is 12.4. The monoisotopic (exact) mass is 406 g/mol. The van der Waals surface area contributed by atoms with Gasteiger partial charge < -0.3 is 0 Å². The molecule has 1 amide bonds. The predicted molar refractivity (Wildman–Crippen MR) is 99.4 cm³/mol. The number of hydrogen-bond acceptors (Lipinski definition) is 3. The Labute approximate surface area is 151 Å². The first-order valence-corrected chi connectivity index (χ1v) is 8.82. The van der Waals surface area contributed by atoms with E-state index in [1.165, 1.54) is 11.3 Å². The van der Waals surface area contributed by atoms with Crippen molar-refractivity contribution in [3.05, 3.63) is 68.5 Å². The lowest BCUT2D eigenvalue weighted by molar-refractivity contribution is 0.102.